The van der Waals surface area contributed by atoms with E-state index < -0.39 is 5.60 Å². The van der Waals surface area contributed by atoms with E-state index in [-0.39, 0.29) is 6.09 Å². The molecule has 0 saturated carbocycles. The molecule has 0 aliphatic carbocycles. The Kier molecular flexibility index (Phi) is 5.08. The molecular formula is C20H24N4O3. The fraction of sp³-hybridized carbons (Fsp3) is 0.450. The van der Waals surface area contributed by atoms with Crippen LogP contribution in [0.4, 0.5) is 4.79 Å². The highest BCUT2D eigenvalue weighted by molar-refractivity contribution is 5.71. The number of ether oxygens (including phenoxy) is 2. The van der Waals surface area contributed by atoms with Crippen molar-refractivity contribution in [3.63, 3.8) is 0 Å². The molecule has 1 aliphatic rings. The fourth-order valence-electron chi connectivity index (χ4n) is 3.03. The van der Waals surface area contributed by atoms with Crippen LogP contribution in [0.25, 0.3) is 11.1 Å². The Morgan fingerprint density at radius 1 is 1.37 bits per heavy atom. The standard InChI is InChI=1S/C20H24N4O3/c1-20(2,3)27-19(25)23-10-15(11-23)12-24-13-16(9-22-24)17-7-14(8-21)5-6-18(17)26-4/h5-7,9,13,15H,10-12H2,1-4H3. The molecule has 0 bridgehead atoms. The summed E-state index contributed by atoms with van der Waals surface area (Å²) >= 11 is 0. The molecule has 1 aromatic heterocycles. The van der Waals surface area contributed by atoms with E-state index in [4.69, 9.17) is 14.7 Å². The van der Waals surface area contributed by atoms with Gasteiger partial charge < -0.3 is 14.4 Å². The smallest absolute Gasteiger partial charge is 0.410 e. The van der Waals surface area contributed by atoms with Gasteiger partial charge in [0, 0.05) is 42.9 Å². The van der Waals surface area contributed by atoms with Gasteiger partial charge in [0.25, 0.3) is 0 Å². The minimum atomic E-state index is -0.476. The molecule has 0 unspecified atom stereocenters. The summed E-state index contributed by atoms with van der Waals surface area (Å²) in [7, 11) is 1.61. The molecule has 3 rings (SSSR count). The molecule has 7 heteroatoms. The van der Waals surface area contributed by atoms with Gasteiger partial charge in [0.05, 0.1) is 24.9 Å². The first-order chi connectivity index (χ1) is 12.8. The van der Waals surface area contributed by atoms with Crippen LogP contribution >= 0.6 is 0 Å². The molecule has 0 atom stereocenters. The Balaban J connectivity index is 1.62. The van der Waals surface area contributed by atoms with Gasteiger partial charge in [0.1, 0.15) is 11.4 Å². The van der Waals surface area contributed by atoms with Crippen molar-refractivity contribution >= 4 is 6.09 Å². The van der Waals surface area contributed by atoms with Gasteiger partial charge >= 0.3 is 6.09 Å². The van der Waals surface area contributed by atoms with E-state index in [1.165, 1.54) is 0 Å². The minimum absolute atomic E-state index is 0.266. The predicted octanol–water partition coefficient (Wildman–Crippen LogP) is 3.30. The normalized spacial score (nSPS) is 14.4. The van der Waals surface area contributed by atoms with Gasteiger partial charge in [-0.25, -0.2) is 4.79 Å². The summed E-state index contributed by atoms with van der Waals surface area (Å²) in [6.45, 7) is 7.64. The quantitative estimate of drug-likeness (QED) is 0.827. The van der Waals surface area contributed by atoms with Crippen molar-refractivity contribution in [1.82, 2.24) is 14.7 Å². The van der Waals surface area contributed by atoms with Crippen LogP contribution in [0.2, 0.25) is 0 Å². The van der Waals surface area contributed by atoms with Crippen molar-refractivity contribution in [2.75, 3.05) is 20.2 Å². The average Bonchev–Trinajstić information content (AvgIpc) is 3.04. The molecule has 1 saturated heterocycles. The Morgan fingerprint density at radius 2 is 2.11 bits per heavy atom. The topological polar surface area (TPSA) is 80.4 Å². The van der Waals surface area contributed by atoms with Crippen LogP contribution < -0.4 is 4.74 Å². The highest BCUT2D eigenvalue weighted by atomic mass is 16.6. The second-order valence-corrected chi connectivity index (χ2v) is 7.73. The van der Waals surface area contributed by atoms with E-state index in [2.05, 4.69) is 11.2 Å². The molecule has 0 spiro atoms. The highest BCUT2D eigenvalue weighted by Gasteiger charge is 2.33. The first-order valence-electron chi connectivity index (χ1n) is 8.88. The first-order valence-corrected chi connectivity index (χ1v) is 8.88. The summed E-state index contributed by atoms with van der Waals surface area (Å²) in [4.78, 5) is 13.7. The maximum atomic E-state index is 12.0. The Morgan fingerprint density at radius 3 is 2.74 bits per heavy atom. The van der Waals surface area contributed by atoms with Crippen molar-refractivity contribution in [2.45, 2.75) is 32.9 Å². The summed E-state index contributed by atoms with van der Waals surface area (Å²) in [6, 6.07) is 7.46. The molecule has 27 heavy (non-hydrogen) atoms. The molecule has 1 fully saturated rings. The maximum Gasteiger partial charge on any atom is 0.410 e. The van der Waals surface area contributed by atoms with Gasteiger partial charge in [0.15, 0.2) is 0 Å². The molecule has 1 aromatic carbocycles. The van der Waals surface area contributed by atoms with Crippen LogP contribution in [0, 0.1) is 17.2 Å². The van der Waals surface area contributed by atoms with E-state index in [0.717, 1.165) is 17.7 Å². The second kappa shape index (κ2) is 7.31. The van der Waals surface area contributed by atoms with Crippen LogP contribution in [0.15, 0.2) is 30.6 Å². The van der Waals surface area contributed by atoms with Gasteiger partial charge in [0.2, 0.25) is 0 Å². The number of rotatable bonds is 4. The lowest BCUT2D eigenvalue weighted by molar-refractivity contribution is -0.00383. The molecule has 7 nitrogen and oxygen atoms in total. The summed E-state index contributed by atoms with van der Waals surface area (Å²) in [6.07, 6.45) is 3.44. The summed E-state index contributed by atoms with van der Waals surface area (Å²) < 4.78 is 12.6. The van der Waals surface area contributed by atoms with E-state index in [1.54, 1.807) is 36.4 Å². The SMILES string of the molecule is COc1ccc(C#N)cc1-c1cnn(CC2CN(C(=O)OC(C)(C)C)C2)c1. The lowest BCUT2D eigenvalue weighted by Gasteiger charge is -2.39. The lowest BCUT2D eigenvalue weighted by Crippen LogP contribution is -2.52. The number of amides is 1. The predicted molar refractivity (Wildman–Crippen MR) is 100 cm³/mol. The largest absolute Gasteiger partial charge is 0.496 e. The fourth-order valence-corrected chi connectivity index (χ4v) is 3.03. The first kappa shape index (κ1) is 18.8. The summed E-state index contributed by atoms with van der Waals surface area (Å²) in [5, 5.41) is 13.5. The molecule has 1 aliphatic heterocycles. The van der Waals surface area contributed by atoms with E-state index in [9.17, 15) is 4.79 Å². The van der Waals surface area contributed by atoms with Crippen LogP contribution in [0.1, 0.15) is 26.3 Å². The van der Waals surface area contributed by atoms with E-state index >= 15 is 0 Å². The minimum Gasteiger partial charge on any atom is -0.496 e. The van der Waals surface area contributed by atoms with Crippen molar-refractivity contribution in [3.8, 4) is 22.9 Å². The Labute approximate surface area is 159 Å². The second-order valence-electron chi connectivity index (χ2n) is 7.73. The number of aromatic nitrogens is 2. The number of carbonyl (C=O) groups is 1. The van der Waals surface area contributed by atoms with Crippen molar-refractivity contribution < 1.29 is 14.3 Å². The maximum absolute atomic E-state index is 12.0. The molecule has 0 N–H and O–H groups in total. The van der Waals surface area contributed by atoms with Crippen LogP contribution in [-0.4, -0.2) is 46.6 Å². The van der Waals surface area contributed by atoms with Gasteiger partial charge in [-0.1, -0.05) is 0 Å². The van der Waals surface area contributed by atoms with Gasteiger partial charge in [-0.2, -0.15) is 10.4 Å². The number of hydrogen-bond donors (Lipinski definition) is 0. The van der Waals surface area contributed by atoms with Gasteiger partial charge in [-0.15, -0.1) is 0 Å². The molecular weight excluding hydrogens is 344 g/mol. The third kappa shape index (κ3) is 4.40. The molecule has 0 radical (unpaired) electrons. The van der Waals surface area contributed by atoms with E-state index in [1.807, 2.05) is 31.6 Å². The summed E-state index contributed by atoms with van der Waals surface area (Å²) in [5.41, 5.74) is 1.83. The number of nitrogens with zero attached hydrogens (tertiary/aromatic N) is 4. The zero-order chi connectivity index (χ0) is 19.6. The highest BCUT2D eigenvalue weighted by Crippen LogP contribution is 2.31. The van der Waals surface area contributed by atoms with Gasteiger partial charge in [-0.3, -0.25) is 4.68 Å². The Bertz CT molecular complexity index is 870. The van der Waals surface area contributed by atoms with Crippen molar-refractivity contribution in [2.24, 2.45) is 5.92 Å². The number of methoxy groups -OCH3 is 1. The summed E-state index contributed by atoms with van der Waals surface area (Å²) in [5.74, 6) is 1.05. The number of carbonyl (C=O) groups excluding carboxylic acids is 1. The number of likely N-dealkylation sites (tertiary alicyclic amines) is 1. The zero-order valence-electron chi connectivity index (χ0n) is 16.1. The third-order valence-corrected chi connectivity index (χ3v) is 4.33. The number of benzene rings is 1. The third-order valence-electron chi connectivity index (χ3n) is 4.33. The molecule has 1 amide bonds. The van der Waals surface area contributed by atoms with Crippen LogP contribution in [-0.2, 0) is 11.3 Å². The lowest BCUT2D eigenvalue weighted by atomic mass is 10.0. The number of hydrogen-bond acceptors (Lipinski definition) is 5. The number of nitriles is 1. The zero-order valence-corrected chi connectivity index (χ0v) is 16.1. The van der Waals surface area contributed by atoms with Crippen molar-refractivity contribution in [1.29, 1.82) is 5.26 Å². The van der Waals surface area contributed by atoms with Gasteiger partial charge in [-0.05, 0) is 39.0 Å². The Hall–Kier alpha value is -3.01. The van der Waals surface area contributed by atoms with E-state index in [0.29, 0.717) is 30.3 Å². The monoisotopic (exact) mass is 368 g/mol. The van der Waals surface area contributed by atoms with Crippen LogP contribution in [0.5, 0.6) is 5.75 Å². The molecule has 2 heterocycles. The van der Waals surface area contributed by atoms with Crippen LogP contribution in [0.3, 0.4) is 0 Å². The average molecular weight is 368 g/mol. The molecule has 142 valence electrons. The molecule has 2 aromatic rings. The van der Waals surface area contributed by atoms with Crippen molar-refractivity contribution in [3.05, 3.63) is 36.2 Å².